The molecule has 0 bridgehead atoms. The lowest BCUT2D eigenvalue weighted by atomic mass is 9.91. The van der Waals surface area contributed by atoms with Crippen molar-refractivity contribution < 1.29 is 13.5 Å². The van der Waals surface area contributed by atoms with Crippen LogP contribution in [0.1, 0.15) is 36.8 Å². The van der Waals surface area contributed by atoms with Gasteiger partial charge in [-0.25, -0.2) is 0 Å². The van der Waals surface area contributed by atoms with Crippen LogP contribution in [0.3, 0.4) is 0 Å². The summed E-state index contributed by atoms with van der Waals surface area (Å²) in [6, 6.07) is 21.3. The van der Waals surface area contributed by atoms with E-state index in [1.165, 1.54) is 11.1 Å². The summed E-state index contributed by atoms with van der Waals surface area (Å²) in [5.74, 6) is 0. The van der Waals surface area contributed by atoms with Crippen molar-refractivity contribution in [2.75, 3.05) is 0 Å². The fraction of sp³-hybridized carbons (Fsp3) is 0.429. The van der Waals surface area contributed by atoms with Gasteiger partial charge in [-0.2, -0.15) is 8.78 Å². The van der Waals surface area contributed by atoms with Crippen LogP contribution in [0.2, 0.25) is 0 Å². The zero-order valence-corrected chi connectivity index (χ0v) is 14.4. The first-order chi connectivity index (χ1) is 12.2. The van der Waals surface area contributed by atoms with Crippen molar-refractivity contribution in [3.05, 3.63) is 71.8 Å². The van der Waals surface area contributed by atoms with Crippen LogP contribution >= 0.6 is 0 Å². The Balaban J connectivity index is 1.66. The molecule has 0 heterocycles. The van der Waals surface area contributed by atoms with Gasteiger partial charge in [0.2, 0.25) is 0 Å². The van der Waals surface area contributed by atoms with E-state index in [2.05, 4.69) is 53.4 Å². The van der Waals surface area contributed by atoms with Gasteiger partial charge in [0.05, 0.1) is 6.10 Å². The lowest BCUT2D eigenvalue weighted by Gasteiger charge is -2.37. The second-order valence-electron chi connectivity index (χ2n) is 6.70. The Morgan fingerprint density at radius 3 is 1.72 bits per heavy atom. The summed E-state index contributed by atoms with van der Waals surface area (Å²) in [4.78, 5) is 2.48. The van der Waals surface area contributed by atoms with E-state index in [0.29, 0.717) is 18.9 Å². The summed E-state index contributed by atoms with van der Waals surface area (Å²) in [7, 11) is 0. The number of hydrogen-bond donors (Lipinski definition) is 0. The van der Waals surface area contributed by atoms with Crippen LogP contribution < -0.4 is 0 Å². The monoisotopic (exact) mass is 345 g/mol. The zero-order valence-electron chi connectivity index (χ0n) is 14.4. The van der Waals surface area contributed by atoms with E-state index in [-0.39, 0.29) is 6.10 Å². The molecule has 3 rings (SSSR count). The molecule has 0 aliphatic heterocycles. The molecule has 1 aliphatic carbocycles. The molecule has 4 heteroatoms. The van der Waals surface area contributed by atoms with E-state index in [0.717, 1.165) is 25.9 Å². The Bertz CT molecular complexity index is 571. The van der Waals surface area contributed by atoms with Gasteiger partial charge >= 0.3 is 6.61 Å². The Labute approximate surface area is 148 Å². The molecule has 0 aromatic heterocycles. The first-order valence-electron chi connectivity index (χ1n) is 8.96. The van der Waals surface area contributed by atoms with Crippen molar-refractivity contribution in [1.29, 1.82) is 0 Å². The second-order valence-corrected chi connectivity index (χ2v) is 6.70. The summed E-state index contributed by atoms with van der Waals surface area (Å²) in [5, 5.41) is 0. The highest BCUT2D eigenvalue weighted by Crippen LogP contribution is 2.28. The maximum atomic E-state index is 12.4. The minimum Gasteiger partial charge on any atom is -0.320 e. The van der Waals surface area contributed by atoms with Crippen molar-refractivity contribution in [2.24, 2.45) is 0 Å². The predicted molar refractivity (Wildman–Crippen MR) is 95.3 cm³/mol. The third-order valence-corrected chi connectivity index (χ3v) is 4.91. The molecule has 0 saturated heterocycles. The number of alkyl halides is 2. The summed E-state index contributed by atoms with van der Waals surface area (Å²) >= 11 is 0. The smallest absolute Gasteiger partial charge is 0.320 e. The highest BCUT2D eigenvalue weighted by molar-refractivity contribution is 5.17. The third kappa shape index (κ3) is 5.62. The van der Waals surface area contributed by atoms with Crippen molar-refractivity contribution >= 4 is 0 Å². The molecule has 0 unspecified atom stereocenters. The molecular weight excluding hydrogens is 320 g/mol. The molecule has 134 valence electrons. The SMILES string of the molecule is FC(F)O[C@H]1CC[C@H](N(Cc2ccccc2)Cc2ccccc2)CC1. The maximum absolute atomic E-state index is 12.4. The van der Waals surface area contributed by atoms with Gasteiger partial charge in [0.25, 0.3) is 0 Å². The van der Waals surface area contributed by atoms with Gasteiger partial charge in [-0.1, -0.05) is 60.7 Å². The Morgan fingerprint density at radius 2 is 1.28 bits per heavy atom. The fourth-order valence-electron chi connectivity index (χ4n) is 3.64. The van der Waals surface area contributed by atoms with Gasteiger partial charge in [-0.05, 0) is 36.8 Å². The van der Waals surface area contributed by atoms with Gasteiger partial charge in [-0.3, -0.25) is 4.90 Å². The Morgan fingerprint density at radius 1 is 0.800 bits per heavy atom. The van der Waals surface area contributed by atoms with Gasteiger partial charge < -0.3 is 4.74 Å². The van der Waals surface area contributed by atoms with Crippen molar-refractivity contribution in [3.63, 3.8) is 0 Å². The average Bonchev–Trinajstić information content (AvgIpc) is 2.63. The summed E-state index contributed by atoms with van der Waals surface area (Å²) in [6.07, 6.45) is 2.91. The Hall–Kier alpha value is -1.78. The highest BCUT2D eigenvalue weighted by atomic mass is 19.3. The van der Waals surface area contributed by atoms with E-state index in [1.54, 1.807) is 0 Å². The molecular formula is C21H25F2NO. The highest BCUT2D eigenvalue weighted by Gasteiger charge is 2.28. The number of rotatable bonds is 7. The largest absolute Gasteiger partial charge is 0.345 e. The van der Waals surface area contributed by atoms with Crippen molar-refractivity contribution in [1.82, 2.24) is 4.90 Å². The predicted octanol–water partition coefficient (Wildman–Crippen LogP) is 5.24. The minimum absolute atomic E-state index is 0.299. The molecule has 1 saturated carbocycles. The van der Waals surface area contributed by atoms with Crippen LogP contribution in [0.5, 0.6) is 0 Å². The van der Waals surface area contributed by atoms with Gasteiger partial charge in [0, 0.05) is 19.1 Å². The molecule has 1 aliphatic rings. The summed E-state index contributed by atoms with van der Waals surface area (Å²) in [6.45, 7) is -0.909. The van der Waals surface area contributed by atoms with Gasteiger partial charge in [0.15, 0.2) is 0 Å². The van der Waals surface area contributed by atoms with E-state index in [1.807, 2.05) is 12.1 Å². The molecule has 1 fully saturated rings. The van der Waals surface area contributed by atoms with Gasteiger partial charge in [-0.15, -0.1) is 0 Å². The van der Waals surface area contributed by atoms with E-state index >= 15 is 0 Å². The molecule has 0 N–H and O–H groups in total. The van der Waals surface area contributed by atoms with Crippen LogP contribution in [0.4, 0.5) is 8.78 Å². The zero-order chi connectivity index (χ0) is 17.5. The summed E-state index contributed by atoms with van der Waals surface area (Å²) in [5.41, 5.74) is 2.56. The first-order valence-corrected chi connectivity index (χ1v) is 8.96. The number of nitrogens with zero attached hydrogens (tertiary/aromatic N) is 1. The van der Waals surface area contributed by atoms with E-state index < -0.39 is 6.61 Å². The maximum Gasteiger partial charge on any atom is 0.345 e. The number of ether oxygens (including phenoxy) is 1. The minimum atomic E-state index is -2.66. The Kier molecular flexibility index (Phi) is 6.54. The van der Waals surface area contributed by atoms with Crippen molar-refractivity contribution in [2.45, 2.75) is 57.5 Å². The topological polar surface area (TPSA) is 12.5 Å². The molecule has 2 aromatic rings. The first kappa shape index (κ1) is 18.0. The quantitative estimate of drug-likeness (QED) is 0.680. The second kappa shape index (κ2) is 9.07. The number of halogens is 2. The molecule has 0 amide bonds. The molecule has 2 nitrogen and oxygen atoms in total. The van der Waals surface area contributed by atoms with Gasteiger partial charge in [0.1, 0.15) is 0 Å². The average molecular weight is 345 g/mol. The number of hydrogen-bond acceptors (Lipinski definition) is 2. The van der Waals surface area contributed by atoms with E-state index in [9.17, 15) is 8.78 Å². The third-order valence-electron chi connectivity index (χ3n) is 4.91. The molecule has 0 spiro atoms. The normalized spacial score (nSPS) is 21.0. The van der Waals surface area contributed by atoms with Crippen LogP contribution in [0.15, 0.2) is 60.7 Å². The molecule has 0 radical (unpaired) electrons. The van der Waals surface area contributed by atoms with Crippen molar-refractivity contribution in [3.8, 4) is 0 Å². The standard InChI is InChI=1S/C21H25F2NO/c22-21(23)25-20-13-11-19(12-14-20)24(15-17-7-3-1-4-8-17)16-18-9-5-2-6-10-18/h1-10,19-21H,11-16H2/t19-,20-. The molecule has 25 heavy (non-hydrogen) atoms. The number of benzene rings is 2. The fourth-order valence-corrected chi connectivity index (χ4v) is 3.64. The molecule has 2 aromatic carbocycles. The lowest BCUT2D eigenvalue weighted by Crippen LogP contribution is -2.39. The van der Waals surface area contributed by atoms with Crippen LogP contribution in [-0.4, -0.2) is 23.7 Å². The summed E-state index contributed by atoms with van der Waals surface area (Å²) < 4.78 is 29.5. The van der Waals surface area contributed by atoms with Crippen LogP contribution in [0, 0.1) is 0 Å². The van der Waals surface area contributed by atoms with Crippen LogP contribution in [-0.2, 0) is 17.8 Å². The van der Waals surface area contributed by atoms with E-state index in [4.69, 9.17) is 4.74 Å². The van der Waals surface area contributed by atoms with Crippen LogP contribution in [0.25, 0.3) is 0 Å². The lowest BCUT2D eigenvalue weighted by molar-refractivity contribution is -0.172. The molecule has 0 atom stereocenters.